The van der Waals surface area contributed by atoms with Crippen molar-refractivity contribution in [1.29, 1.82) is 0 Å². The van der Waals surface area contributed by atoms with Crippen molar-refractivity contribution in [3.8, 4) is 0 Å². The summed E-state index contributed by atoms with van der Waals surface area (Å²) >= 11 is 0. The van der Waals surface area contributed by atoms with E-state index in [1.807, 2.05) is 41.4 Å². The normalized spacial score (nSPS) is 20.7. The maximum atomic E-state index is 12.6. The van der Waals surface area contributed by atoms with E-state index in [-0.39, 0.29) is 17.7 Å². The maximum absolute atomic E-state index is 12.6. The molecular formula is C20H24N4O2. The first-order valence-corrected chi connectivity index (χ1v) is 9.36. The number of benzene rings is 1. The van der Waals surface area contributed by atoms with Crippen molar-refractivity contribution in [3.05, 3.63) is 48.3 Å². The molecule has 2 heterocycles. The van der Waals surface area contributed by atoms with Crippen LogP contribution in [0.1, 0.15) is 37.7 Å². The largest absolute Gasteiger partial charge is 0.339 e. The first-order valence-electron chi connectivity index (χ1n) is 9.36. The molecule has 1 aromatic carbocycles. The fourth-order valence-corrected chi connectivity index (χ4v) is 4.01. The number of hydrogen-bond donors (Lipinski definition) is 1. The minimum Gasteiger partial charge on any atom is -0.339 e. The molecule has 0 radical (unpaired) electrons. The number of rotatable bonds is 5. The summed E-state index contributed by atoms with van der Waals surface area (Å²) in [4.78, 5) is 26.8. The van der Waals surface area contributed by atoms with E-state index in [2.05, 4.69) is 10.4 Å². The van der Waals surface area contributed by atoms with Crippen LogP contribution in [0, 0.1) is 5.92 Å². The van der Waals surface area contributed by atoms with E-state index in [1.54, 1.807) is 10.9 Å². The number of anilines is 1. The van der Waals surface area contributed by atoms with Gasteiger partial charge in [-0.15, -0.1) is 0 Å². The molecule has 2 aliphatic rings. The average Bonchev–Trinajstić information content (AvgIpc) is 3.37. The molecule has 1 atom stereocenters. The Morgan fingerprint density at radius 3 is 2.73 bits per heavy atom. The van der Waals surface area contributed by atoms with Gasteiger partial charge in [-0.05, 0) is 18.4 Å². The standard InChI is InChI=1S/C20H24N4O2/c25-19-10-16(13-24(19)18-8-4-5-9-18)20(26)22-17-11-21-23(14-17)12-15-6-2-1-3-7-15/h1-3,6-7,11,14,16,18H,4-5,8-10,12-13H2,(H,22,26). The Balaban J connectivity index is 1.34. The summed E-state index contributed by atoms with van der Waals surface area (Å²) in [6.45, 7) is 1.21. The lowest BCUT2D eigenvalue weighted by Gasteiger charge is -2.23. The summed E-state index contributed by atoms with van der Waals surface area (Å²) in [7, 11) is 0. The monoisotopic (exact) mass is 352 g/mol. The van der Waals surface area contributed by atoms with E-state index in [4.69, 9.17) is 0 Å². The Morgan fingerprint density at radius 1 is 1.19 bits per heavy atom. The van der Waals surface area contributed by atoms with E-state index >= 15 is 0 Å². The van der Waals surface area contributed by atoms with E-state index in [0.29, 0.717) is 31.2 Å². The quantitative estimate of drug-likeness (QED) is 0.900. The average molecular weight is 352 g/mol. The van der Waals surface area contributed by atoms with Crippen LogP contribution in [0.2, 0.25) is 0 Å². The van der Waals surface area contributed by atoms with E-state index in [1.165, 1.54) is 12.8 Å². The summed E-state index contributed by atoms with van der Waals surface area (Å²) in [5, 5.41) is 7.23. The van der Waals surface area contributed by atoms with Crippen molar-refractivity contribution in [2.75, 3.05) is 11.9 Å². The molecule has 6 heteroatoms. The Hall–Kier alpha value is -2.63. The minimum absolute atomic E-state index is 0.0851. The number of amides is 2. The number of aromatic nitrogens is 2. The van der Waals surface area contributed by atoms with Gasteiger partial charge in [-0.25, -0.2) is 0 Å². The van der Waals surface area contributed by atoms with Gasteiger partial charge in [0.25, 0.3) is 0 Å². The molecule has 1 aliphatic carbocycles. The fourth-order valence-electron chi connectivity index (χ4n) is 4.01. The molecule has 0 spiro atoms. The number of nitrogens with one attached hydrogen (secondary N) is 1. The molecule has 26 heavy (non-hydrogen) atoms. The highest BCUT2D eigenvalue weighted by atomic mass is 16.2. The van der Waals surface area contributed by atoms with Crippen molar-refractivity contribution in [3.63, 3.8) is 0 Å². The number of carbonyl (C=O) groups excluding carboxylic acids is 2. The van der Waals surface area contributed by atoms with Crippen LogP contribution in [0.5, 0.6) is 0 Å². The predicted octanol–water partition coefficient (Wildman–Crippen LogP) is 2.66. The summed E-state index contributed by atoms with van der Waals surface area (Å²) < 4.78 is 1.80. The van der Waals surface area contributed by atoms with Crippen LogP contribution in [-0.2, 0) is 16.1 Å². The van der Waals surface area contributed by atoms with E-state index in [9.17, 15) is 9.59 Å². The Labute approximate surface area is 153 Å². The van der Waals surface area contributed by atoms with Gasteiger partial charge >= 0.3 is 0 Å². The highest BCUT2D eigenvalue weighted by molar-refractivity contribution is 5.97. The van der Waals surface area contributed by atoms with Crippen LogP contribution in [-0.4, -0.2) is 39.1 Å². The smallest absolute Gasteiger partial charge is 0.229 e. The van der Waals surface area contributed by atoms with Crippen LogP contribution >= 0.6 is 0 Å². The summed E-state index contributed by atoms with van der Waals surface area (Å²) in [6, 6.07) is 10.4. The van der Waals surface area contributed by atoms with Crippen molar-refractivity contribution in [1.82, 2.24) is 14.7 Å². The van der Waals surface area contributed by atoms with Crippen molar-refractivity contribution >= 4 is 17.5 Å². The van der Waals surface area contributed by atoms with Gasteiger partial charge in [-0.1, -0.05) is 43.2 Å². The van der Waals surface area contributed by atoms with Crippen molar-refractivity contribution in [2.45, 2.75) is 44.7 Å². The molecule has 2 amide bonds. The van der Waals surface area contributed by atoms with E-state index < -0.39 is 0 Å². The summed E-state index contributed by atoms with van der Waals surface area (Å²) in [5.74, 6) is -0.226. The zero-order chi connectivity index (χ0) is 17.9. The number of hydrogen-bond acceptors (Lipinski definition) is 3. The maximum Gasteiger partial charge on any atom is 0.229 e. The summed E-state index contributed by atoms with van der Waals surface area (Å²) in [6.07, 6.45) is 8.33. The Morgan fingerprint density at radius 2 is 1.96 bits per heavy atom. The molecule has 0 bridgehead atoms. The highest BCUT2D eigenvalue weighted by Gasteiger charge is 2.38. The molecule has 1 N–H and O–H groups in total. The van der Waals surface area contributed by atoms with Gasteiger partial charge in [-0.2, -0.15) is 5.10 Å². The molecule has 2 fully saturated rings. The Bertz CT molecular complexity index is 780. The molecule has 6 nitrogen and oxygen atoms in total. The van der Waals surface area contributed by atoms with Gasteiger partial charge in [0.05, 0.1) is 24.3 Å². The first kappa shape index (κ1) is 16.8. The van der Waals surface area contributed by atoms with Crippen LogP contribution in [0.15, 0.2) is 42.7 Å². The first-order chi connectivity index (χ1) is 12.7. The third kappa shape index (κ3) is 3.64. The van der Waals surface area contributed by atoms with Crippen LogP contribution in [0.4, 0.5) is 5.69 Å². The predicted molar refractivity (Wildman–Crippen MR) is 98.5 cm³/mol. The molecule has 1 saturated heterocycles. The second kappa shape index (κ2) is 7.32. The van der Waals surface area contributed by atoms with Gasteiger partial charge in [0.2, 0.25) is 11.8 Å². The van der Waals surface area contributed by atoms with Gasteiger partial charge in [0.15, 0.2) is 0 Å². The third-order valence-corrected chi connectivity index (χ3v) is 5.38. The van der Waals surface area contributed by atoms with Crippen LogP contribution < -0.4 is 5.32 Å². The molecule has 136 valence electrons. The lowest BCUT2D eigenvalue weighted by molar-refractivity contribution is -0.129. The molecule has 2 aromatic rings. The number of nitrogens with zero attached hydrogens (tertiary/aromatic N) is 3. The van der Waals surface area contributed by atoms with Gasteiger partial charge < -0.3 is 10.2 Å². The van der Waals surface area contributed by atoms with Gasteiger partial charge in [-0.3, -0.25) is 14.3 Å². The highest BCUT2D eigenvalue weighted by Crippen LogP contribution is 2.29. The molecular weight excluding hydrogens is 328 g/mol. The molecule has 1 saturated carbocycles. The number of carbonyl (C=O) groups is 2. The molecule has 1 aliphatic heterocycles. The van der Waals surface area contributed by atoms with E-state index in [0.717, 1.165) is 18.4 Å². The lowest BCUT2D eigenvalue weighted by atomic mass is 10.1. The molecule has 1 unspecified atom stereocenters. The topological polar surface area (TPSA) is 67.2 Å². The van der Waals surface area contributed by atoms with Crippen LogP contribution in [0.3, 0.4) is 0 Å². The SMILES string of the molecule is O=C(Nc1cnn(Cc2ccccc2)c1)C1CC(=O)N(C2CCCC2)C1. The lowest BCUT2D eigenvalue weighted by Crippen LogP contribution is -2.35. The fraction of sp³-hybridized carbons (Fsp3) is 0.450. The zero-order valence-corrected chi connectivity index (χ0v) is 14.8. The Kier molecular flexibility index (Phi) is 4.73. The van der Waals surface area contributed by atoms with Crippen molar-refractivity contribution < 1.29 is 9.59 Å². The molecule has 1 aromatic heterocycles. The van der Waals surface area contributed by atoms with Crippen LogP contribution in [0.25, 0.3) is 0 Å². The molecule has 4 rings (SSSR count). The second-order valence-electron chi connectivity index (χ2n) is 7.29. The third-order valence-electron chi connectivity index (χ3n) is 5.38. The number of likely N-dealkylation sites (tertiary alicyclic amines) is 1. The van der Waals surface area contributed by atoms with Gasteiger partial charge in [0.1, 0.15) is 0 Å². The zero-order valence-electron chi connectivity index (χ0n) is 14.8. The summed E-state index contributed by atoms with van der Waals surface area (Å²) in [5.41, 5.74) is 1.83. The minimum atomic E-state index is -0.263. The van der Waals surface area contributed by atoms with Crippen molar-refractivity contribution in [2.24, 2.45) is 5.92 Å². The van der Waals surface area contributed by atoms with Gasteiger partial charge in [0, 0.05) is 25.2 Å². The second-order valence-corrected chi connectivity index (χ2v) is 7.29.